The van der Waals surface area contributed by atoms with Crippen molar-refractivity contribution in [2.24, 2.45) is 0 Å². The molecule has 0 spiro atoms. The summed E-state index contributed by atoms with van der Waals surface area (Å²) >= 11 is 0. The van der Waals surface area contributed by atoms with E-state index in [1.807, 2.05) is 26.8 Å². The maximum atomic E-state index is 12.2. The number of hydrogen-bond donors (Lipinski definition) is 1. The first-order valence-electron chi connectivity index (χ1n) is 6.68. The number of anilines is 1. The highest BCUT2D eigenvalue weighted by Gasteiger charge is 2.13. The lowest BCUT2D eigenvalue weighted by atomic mass is 10.1. The molecule has 0 radical (unpaired) electrons. The molecule has 104 valence electrons. The van der Waals surface area contributed by atoms with Gasteiger partial charge in [0.05, 0.1) is 0 Å². The first-order chi connectivity index (χ1) is 9.61. The molecule has 0 aliphatic carbocycles. The zero-order valence-corrected chi connectivity index (χ0v) is 11.9. The van der Waals surface area contributed by atoms with Crippen molar-refractivity contribution in [3.05, 3.63) is 47.7 Å². The molecule has 0 unspecified atom stereocenters. The van der Waals surface area contributed by atoms with Crippen LogP contribution in [0.25, 0.3) is 0 Å². The number of aryl methyl sites for hydroxylation is 1. The van der Waals surface area contributed by atoms with Gasteiger partial charge in [0.1, 0.15) is 17.8 Å². The second-order valence-electron chi connectivity index (χ2n) is 4.84. The lowest BCUT2D eigenvalue weighted by molar-refractivity contribution is 0.102. The minimum atomic E-state index is -0.249. The van der Waals surface area contributed by atoms with Gasteiger partial charge in [-0.3, -0.25) is 9.78 Å². The number of nitrogens with zero attached hydrogens (tertiary/aromatic N) is 3. The molecule has 0 aliphatic rings. The molecule has 0 aromatic carbocycles. The van der Waals surface area contributed by atoms with Crippen molar-refractivity contribution < 1.29 is 4.79 Å². The van der Waals surface area contributed by atoms with Crippen molar-refractivity contribution in [2.75, 3.05) is 5.32 Å². The van der Waals surface area contributed by atoms with E-state index in [9.17, 15) is 4.79 Å². The Labute approximate surface area is 118 Å². The number of carbonyl (C=O) groups excluding carboxylic acids is 1. The van der Waals surface area contributed by atoms with Crippen LogP contribution in [0, 0.1) is 0 Å². The van der Waals surface area contributed by atoms with E-state index >= 15 is 0 Å². The summed E-state index contributed by atoms with van der Waals surface area (Å²) in [6, 6.07) is 3.70. The second-order valence-corrected chi connectivity index (χ2v) is 4.84. The van der Waals surface area contributed by atoms with Crippen LogP contribution in [-0.4, -0.2) is 20.9 Å². The molecular formula is C15H18N4O. The van der Waals surface area contributed by atoms with Crippen molar-refractivity contribution in [1.29, 1.82) is 0 Å². The van der Waals surface area contributed by atoms with E-state index in [0.717, 1.165) is 17.5 Å². The van der Waals surface area contributed by atoms with Crippen LogP contribution >= 0.6 is 0 Å². The Bertz CT molecular complexity index is 610. The Morgan fingerprint density at radius 1 is 1.35 bits per heavy atom. The molecule has 0 atom stereocenters. The minimum absolute atomic E-state index is 0.237. The first kappa shape index (κ1) is 14.1. The van der Waals surface area contributed by atoms with Crippen molar-refractivity contribution in [1.82, 2.24) is 15.0 Å². The largest absolute Gasteiger partial charge is 0.305 e. The summed E-state index contributed by atoms with van der Waals surface area (Å²) in [6.07, 6.45) is 5.67. The molecule has 2 rings (SSSR count). The van der Waals surface area contributed by atoms with Gasteiger partial charge in [0, 0.05) is 18.0 Å². The topological polar surface area (TPSA) is 67.8 Å². The maximum Gasteiger partial charge on any atom is 0.275 e. The highest BCUT2D eigenvalue weighted by Crippen LogP contribution is 2.20. The van der Waals surface area contributed by atoms with Crippen LogP contribution in [0.1, 0.15) is 48.3 Å². The third-order valence-electron chi connectivity index (χ3n) is 3.06. The molecule has 1 amide bonds. The van der Waals surface area contributed by atoms with Crippen LogP contribution in [-0.2, 0) is 6.42 Å². The molecule has 0 bridgehead atoms. The minimum Gasteiger partial charge on any atom is -0.305 e. The Kier molecular flexibility index (Phi) is 4.40. The summed E-state index contributed by atoms with van der Waals surface area (Å²) in [5.74, 6) is 0.533. The zero-order chi connectivity index (χ0) is 14.5. The molecule has 1 N–H and O–H groups in total. The molecule has 2 aromatic rings. The molecule has 5 heteroatoms. The van der Waals surface area contributed by atoms with E-state index in [-0.39, 0.29) is 11.8 Å². The monoisotopic (exact) mass is 270 g/mol. The zero-order valence-electron chi connectivity index (χ0n) is 11.9. The number of pyridine rings is 1. The summed E-state index contributed by atoms with van der Waals surface area (Å²) in [5.41, 5.74) is 2.39. The molecular weight excluding hydrogens is 252 g/mol. The summed E-state index contributed by atoms with van der Waals surface area (Å²) < 4.78 is 0. The van der Waals surface area contributed by atoms with Crippen molar-refractivity contribution >= 4 is 11.7 Å². The summed E-state index contributed by atoms with van der Waals surface area (Å²) in [4.78, 5) is 24.5. The standard InChI is InChI=1S/C15H18N4O/c1-4-11-5-6-17-13(7-11)15(20)19-14-12(10(2)3)8-16-9-18-14/h5-10H,4H2,1-3H3,(H,16,18,19,20). The average Bonchev–Trinajstić information content (AvgIpc) is 2.47. The number of carbonyl (C=O) groups is 1. The number of amides is 1. The van der Waals surface area contributed by atoms with E-state index in [4.69, 9.17) is 0 Å². The van der Waals surface area contributed by atoms with Crippen molar-refractivity contribution in [3.63, 3.8) is 0 Å². The van der Waals surface area contributed by atoms with Crippen molar-refractivity contribution in [3.8, 4) is 0 Å². The van der Waals surface area contributed by atoms with Crippen molar-refractivity contribution in [2.45, 2.75) is 33.1 Å². The van der Waals surface area contributed by atoms with Gasteiger partial charge in [-0.1, -0.05) is 20.8 Å². The SMILES string of the molecule is CCc1ccnc(C(=O)Nc2ncncc2C(C)C)c1. The van der Waals surface area contributed by atoms with Crippen LogP contribution in [0.5, 0.6) is 0 Å². The number of aromatic nitrogens is 3. The fourth-order valence-corrected chi connectivity index (χ4v) is 1.86. The predicted molar refractivity (Wildman–Crippen MR) is 77.7 cm³/mol. The first-order valence-corrected chi connectivity index (χ1v) is 6.68. The Hall–Kier alpha value is -2.30. The van der Waals surface area contributed by atoms with E-state index in [1.54, 1.807) is 18.5 Å². The van der Waals surface area contributed by atoms with Crippen LogP contribution in [0.3, 0.4) is 0 Å². The molecule has 20 heavy (non-hydrogen) atoms. The fourth-order valence-electron chi connectivity index (χ4n) is 1.86. The van der Waals surface area contributed by atoms with Gasteiger partial charge in [-0.05, 0) is 30.0 Å². The smallest absolute Gasteiger partial charge is 0.275 e. The van der Waals surface area contributed by atoms with Gasteiger partial charge in [-0.15, -0.1) is 0 Å². The predicted octanol–water partition coefficient (Wildman–Crippen LogP) is 2.81. The Balaban J connectivity index is 2.23. The van der Waals surface area contributed by atoms with Crippen LogP contribution in [0.4, 0.5) is 5.82 Å². The average molecular weight is 270 g/mol. The molecule has 0 aliphatic heterocycles. The third-order valence-corrected chi connectivity index (χ3v) is 3.06. The van der Waals surface area contributed by atoms with E-state index in [2.05, 4.69) is 20.3 Å². The molecule has 0 fully saturated rings. The molecule has 0 saturated carbocycles. The van der Waals surface area contributed by atoms with Gasteiger partial charge in [0.15, 0.2) is 0 Å². The lowest BCUT2D eigenvalue weighted by Crippen LogP contribution is -2.16. The van der Waals surface area contributed by atoms with E-state index in [1.165, 1.54) is 6.33 Å². The van der Waals surface area contributed by atoms with Crippen LogP contribution < -0.4 is 5.32 Å². The fraction of sp³-hybridized carbons (Fsp3) is 0.333. The van der Waals surface area contributed by atoms with Gasteiger partial charge in [-0.25, -0.2) is 9.97 Å². The Morgan fingerprint density at radius 2 is 2.15 bits per heavy atom. The third kappa shape index (κ3) is 3.17. The lowest BCUT2D eigenvalue weighted by Gasteiger charge is -2.11. The molecule has 2 aromatic heterocycles. The summed E-state index contributed by atoms with van der Waals surface area (Å²) in [5, 5.41) is 2.81. The van der Waals surface area contributed by atoms with Crippen LogP contribution in [0.2, 0.25) is 0 Å². The number of nitrogens with one attached hydrogen (secondary N) is 1. The highest BCUT2D eigenvalue weighted by atomic mass is 16.1. The van der Waals surface area contributed by atoms with E-state index < -0.39 is 0 Å². The van der Waals surface area contributed by atoms with Gasteiger partial charge < -0.3 is 5.32 Å². The summed E-state index contributed by atoms with van der Waals surface area (Å²) in [6.45, 7) is 6.10. The van der Waals surface area contributed by atoms with Crippen LogP contribution in [0.15, 0.2) is 30.9 Å². The molecule has 0 saturated heterocycles. The van der Waals surface area contributed by atoms with E-state index in [0.29, 0.717) is 11.5 Å². The quantitative estimate of drug-likeness (QED) is 0.927. The summed E-state index contributed by atoms with van der Waals surface area (Å²) in [7, 11) is 0. The second kappa shape index (κ2) is 6.23. The van der Waals surface area contributed by atoms with Gasteiger partial charge in [0.25, 0.3) is 5.91 Å². The molecule has 5 nitrogen and oxygen atoms in total. The normalized spacial score (nSPS) is 10.6. The molecule has 2 heterocycles. The maximum absolute atomic E-state index is 12.2. The highest BCUT2D eigenvalue weighted by molar-refractivity contribution is 6.02. The number of rotatable bonds is 4. The van der Waals surface area contributed by atoms with Gasteiger partial charge in [0.2, 0.25) is 0 Å². The number of hydrogen-bond acceptors (Lipinski definition) is 4. The van der Waals surface area contributed by atoms with Gasteiger partial charge >= 0.3 is 0 Å². The van der Waals surface area contributed by atoms with Gasteiger partial charge in [-0.2, -0.15) is 0 Å². The Morgan fingerprint density at radius 3 is 2.85 bits per heavy atom.